The average molecular weight is 429 g/mol. The molecule has 0 aromatic carbocycles. The number of hydrogen-bond acceptors (Lipinski definition) is 8. The van der Waals surface area contributed by atoms with Crippen LogP contribution in [0, 0.1) is 6.92 Å². The maximum absolute atomic E-state index is 12.1. The predicted molar refractivity (Wildman–Crippen MR) is 98.9 cm³/mol. The summed E-state index contributed by atoms with van der Waals surface area (Å²) in [5.41, 5.74) is 0.260. The fraction of sp³-hybridized carbons (Fsp3) is 0.500. The lowest BCUT2D eigenvalue weighted by molar-refractivity contribution is -0.143. The van der Waals surface area contributed by atoms with E-state index in [-0.39, 0.29) is 49.0 Å². The molecule has 160 valence electrons. The molecule has 2 heterocycles. The van der Waals surface area contributed by atoms with Gasteiger partial charge in [-0.3, -0.25) is 4.79 Å². The van der Waals surface area contributed by atoms with Crippen molar-refractivity contribution in [1.82, 2.24) is 24.9 Å². The molecule has 12 nitrogen and oxygen atoms in total. The summed E-state index contributed by atoms with van der Waals surface area (Å²) in [6.07, 6.45) is 1.11. The molecule has 29 heavy (non-hydrogen) atoms. The second kappa shape index (κ2) is 9.52. The number of rotatable bonds is 9. The van der Waals surface area contributed by atoms with Crippen LogP contribution in [0.4, 0.5) is 4.79 Å². The molecule has 1 aromatic rings. The van der Waals surface area contributed by atoms with Gasteiger partial charge in [0.15, 0.2) is 5.03 Å². The minimum absolute atomic E-state index is 0.0547. The molecule has 0 fully saturated rings. The molecular weight excluding hydrogens is 406 g/mol. The zero-order valence-corrected chi connectivity index (χ0v) is 17.1. The van der Waals surface area contributed by atoms with Crippen LogP contribution in [0.15, 0.2) is 22.5 Å². The number of carbonyl (C=O) groups excluding carboxylic acids is 3. The van der Waals surface area contributed by atoms with E-state index in [0.717, 1.165) is 0 Å². The summed E-state index contributed by atoms with van der Waals surface area (Å²) in [6.45, 7) is 2.84. The van der Waals surface area contributed by atoms with Crippen molar-refractivity contribution in [2.24, 2.45) is 7.05 Å². The Kier molecular flexibility index (Phi) is 7.34. The first kappa shape index (κ1) is 22.4. The van der Waals surface area contributed by atoms with Gasteiger partial charge in [-0.2, -0.15) is 0 Å². The molecule has 2 amide bonds. The van der Waals surface area contributed by atoms with Crippen molar-refractivity contribution in [1.29, 1.82) is 0 Å². The summed E-state index contributed by atoms with van der Waals surface area (Å²) in [7, 11) is -2.19. The van der Waals surface area contributed by atoms with Crippen LogP contribution in [0.1, 0.15) is 19.2 Å². The molecule has 0 radical (unpaired) electrons. The van der Waals surface area contributed by atoms with Gasteiger partial charge in [0.25, 0.3) is 10.0 Å². The van der Waals surface area contributed by atoms with E-state index in [1.54, 1.807) is 25.5 Å². The second-order valence-electron chi connectivity index (χ2n) is 6.03. The fourth-order valence-corrected chi connectivity index (χ4v) is 3.38. The molecule has 0 spiro atoms. The smallest absolute Gasteiger partial charge is 0.337 e. The lowest BCUT2D eigenvalue weighted by Crippen LogP contribution is -2.45. The molecule has 2 rings (SSSR count). The minimum atomic E-state index is -3.85. The molecule has 0 saturated carbocycles. The molecule has 3 N–H and O–H groups in total. The van der Waals surface area contributed by atoms with Gasteiger partial charge in [-0.25, -0.2) is 27.7 Å². The van der Waals surface area contributed by atoms with Crippen molar-refractivity contribution in [2.75, 3.05) is 26.3 Å². The van der Waals surface area contributed by atoms with Crippen LogP contribution in [-0.2, 0) is 36.1 Å². The number of amides is 2. The maximum atomic E-state index is 12.1. The number of aromatic nitrogens is 2. The highest BCUT2D eigenvalue weighted by atomic mass is 32.2. The van der Waals surface area contributed by atoms with Gasteiger partial charge in [0.05, 0.1) is 30.8 Å². The van der Waals surface area contributed by atoms with Crippen molar-refractivity contribution >= 4 is 28.0 Å². The number of sulfonamides is 1. The molecule has 1 aromatic heterocycles. The van der Waals surface area contributed by atoms with Crippen LogP contribution in [0.2, 0.25) is 0 Å². The van der Waals surface area contributed by atoms with Gasteiger partial charge in [0, 0.05) is 19.8 Å². The number of ether oxygens (including phenoxy) is 2. The molecule has 0 atom stereocenters. The lowest BCUT2D eigenvalue weighted by atomic mass is 10.2. The first-order valence-corrected chi connectivity index (χ1v) is 10.2. The van der Waals surface area contributed by atoms with Gasteiger partial charge in [-0.15, -0.1) is 0 Å². The fourth-order valence-electron chi connectivity index (χ4n) is 2.31. The van der Waals surface area contributed by atoms with Crippen LogP contribution in [-0.4, -0.2) is 62.2 Å². The molecule has 0 bridgehead atoms. The zero-order valence-electron chi connectivity index (χ0n) is 16.3. The van der Waals surface area contributed by atoms with Gasteiger partial charge in [0.1, 0.15) is 12.4 Å². The van der Waals surface area contributed by atoms with Gasteiger partial charge in [-0.1, -0.05) is 0 Å². The van der Waals surface area contributed by atoms with Crippen molar-refractivity contribution in [3.8, 4) is 0 Å². The molecular formula is C16H23N5O7S. The van der Waals surface area contributed by atoms with E-state index in [4.69, 9.17) is 9.47 Å². The van der Waals surface area contributed by atoms with Crippen LogP contribution in [0.5, 0.6) is 0 Å². The Morgan fingerprint density at radius 1 is 1.34 bits per heavy atom. The summed E-state index contributed by atoms with van der Waals surface area (Å²) >= 11 is 0. The Hall–Kier alpha value is -2.93. The minimum Gasteiger partial charge on any atom is -0.463 e. The first-order chi connectivity index (χ1) is 13.6. The number of hydrogen-bond donors (Lipinski definition) is 3. The van der Waals surface area contributed by atoms with Crippen molar-refractivity contribution in [2.45, 2.75) is 25.3 Å². The number of imidazole rings is 1. The van der Waals surface area contributed by atoms with Gasteiger partial charge in [-0.05, 0) is 13.8 Å². The highest BCUT2D eigenvalue weighted by Gasteiger charge is 2.24. The number of aryl methyl sites for hydroxylation is 2. The van der Waals surface area contributed by atoms with Gasteiger partial charge >= 0.3 is 18.0 Å². The molecule has 0 saturated heterocycles. The summed E-state index contributed by atoms with van der Waals surface area (Å²) in [4.78, 5) is 39.2. The zero-order chi connectivity index (χ0) is 21.6. The number of nitrogens with one attached hydrogen (secondary N) is 3. The number of esters is 2. The van der Waals surface area contributed by atoms with E-state index >= 15 is 0 Å². The standard InChI is InChI=1S/C16H23N5O7S/c1-4-27-15(23)11-7-17-16(24)20-12(11)9-28-14(22)5-6-18-29(25,26)13-8-21(3)10(2)19-13/h8,18H,4-7,9H2,1-3H3,(H2,17,20,24). The summed E-state index contributed by atoms with van der Waals surface area (Å²) < 4.78 is 38.0. The number of urea groups is 1. The predicted octanol–water partition coefficient (Wildman–Crippen LogP) is -0.930. The number of carbonyl (C=O) groups is 3. The third kappa shape index (κ3) is 6.02. The Balaban J connectivity index is 1.88. The largest absolute Gasteiger partial charge is 0.463 e. The van der Waals surface area contributed by atoms with E-state index in [9.17, 15) is 22.8 Å². The SMILES string of the molecule is CCOC(=O)C1=C(COC(=O)CCNS(=O)(=O)c2cn(C)c(C)n2)NC(=O)NC1. The van der Waals surface area contributed by atoms with Crippen molar-refractivity contribution in [3.63, 3.8) is 0 Å². The van der Waals surface area contributed by atoms with Crippen molar-refractivity contribution in [3.05, 3.63) is 23.3 Å². The van der Waals surface area contributed by atoms with Gasteiger partial charge in [0.2, 0.25) is 0 Å². The van der Waals surface area contributed by atoms with E-state index < -0.39 is 28.0 Å². The lowest BCUT2D eigenvalue weighted by Gasteiger charge is -2.21. The summed E-state index contributed by atoms with van der Waals surface area (Å²) in [5.74, 6) is -0.822. The van der Waals surface area contributed by atoms with E-state index in [2.05, 4.69) is 20.3 Å². The van der Waals surface area contributed by atoms with E-state index in [0.29, 0.717) is 5.82 Å². The molecule has 0 unspecified atom stereocenters. The molecule has 1 aliphatic heterocycles. The topological polar surface area (TPSA) is 158 Å². The Morgan fingerprint density at radius 2 is 2.07 bits per heavy atom. The Morgan fingerprint density at radius 3 is 2.69 bits per heavy atom. The highest BCUT2D eigenvalue weighted by Crippen LogP contribution is 2.10. The van der Waals surface area contributed by atoms with E-state index in [1.165, 1.54) is 6.20 Å². The number of nitrogens with zero attached hydrogens (tertiary/aromatic N) is 2. The van der Waals surface area contributed by atoms with Crippen LogP contribution >= 0.6 is 0 Å². The summed E-state index contributed by atoms with van der Waals surface area (Å²) in [5, 5.41) is 4.68. The van der Waals surface area contributed by atoms with E-state index in [1.807, 2.05) is 0 Å². The third-order valence-corrected chi connectivity index (χ3v) is 5.27. The average Bonchev–Trinajstić information content (AvgIpc) is 3.00. The molecule has 1 aliphatic rings. The first-order valence-electron chi connectivity index (χ1n) is 8.73. The molecule has 0 aliphatic carbocycles. The Bertz CT molecular complexity index is 916. The van der Waals surface area contributed by atoms with Crippen LogP contribution in [0.25, 0.3) is 0 Å². The van der Waals surface area contributed by atoms with Gasteiger partial charge < -0.3 is 24.7 Å². The second-order valence-corrected chi connectivity index (χ2v) is 7.74. The normalized spacial score (nSPS) is 14.2. The third-order valence-electron chi connectivity index (χ3n) is 3.94. The molecule has 13 heteroatoms. The highest BCUT2D eigenvalue weighted by molar-refractivity contribution is 7.89. The Labute approximate surface area is 167 Å². The monoisotopic (exact) mass is 429 g/mol. The quantitative estimate of drug-likeness (QED) is 0.425. The van der Waals surface area contributed by atoms with Crippen LogP contribution in [0.3, 0.4) is 0 Å². The van der Waals surface area contributed by atoms with Crippen molar-refractivity contribution < 1.29 is 32.3 Å². The maximum Gasteiger partial charge on any atom is 0.337 e. The summed E-state index contributed by atoms with van der Waals surface area (Å²) in [6, 6.07) is -0.539. The van der Waals surface area contributed by atoms with Crippen LogP contribution < -0.4 is 15.4 Å².